The zero-order valence-corrected chi connectivity index (χ0v) is 21.0. The summed E-state index contributed by atoms with van der Waals surface area (Å²) < 4.78 is 5.58. The maximum absolute atomic E-state index is 11.2. The zero-order valence-electron chi connectivity index (χ0n) is 18.7. The Morgan fingerprint density at radius 2 is 2.06 bits per heavy atom. The van der Waals surface area contributed by atoms with Crippen LogP contribution in [-0.2, 0) is 17.6 Å². The third-order valence-electron chi connectivity index (χ3n) is 5.95. The lowest BCUT2D eigenvalue weighted by Crippen LogP contribution is -2.39. The highest BCUT2D eigenvalue weighted by Crippen LogP contribution is 2.25. The molecule has 1 saturated heterocycles. The van der Waals surface area contributed by atoms with Crippen LogP contribution in [0.2, 0.25) is 0 Å². The summed E-state index contributed by atoms with van der Waals surface area (Å²) in [6.07, 6.45) is 5.99. The monoisotopic (exact) mass is 543 g/mol. The fourth-order valence-electron chi connectivity index (χ4n) is 4.14. The van der Waals surface area contributed by atoms with Gasteiger partial charge in [0, 0.05) is 32.0 Å². The first-order valence-corrected chi connectivity index (χ1v) is 11.4. The third-order valence-corrected chi connectivity index (χ3v) is 5.95. The van der Waals surface area contributed by atoms with E-state index in [1.807, 2.05) is 0 Å². The summed E-state index contributed by atoms with van der Waals surface area (Å²) in [7, 11) is 0. The van der Waals surface area contributed by atoms with E-state index in [0.717, 1.165) is 96.1 Å². The fourth-order valence-corrected chi connectivity index (χ4v) is 4.14. The van der Waals surface area contributed by atoms with Crippen LogP contribution < -0.4 is 21.1 Å². The predicted octanol–water partition coefficient (Wildman–Crippen LogP) is 2.31. The van der Waals surface area contributed by atoms with Crippen LogP contribution in [0.1, 0.15) is 43.7 Å². The van der Waals surface area contributed by atoms with Crippen LogP contribution in [0.3, 0.4) is 0 Å². The van der Waals surface area contributed by atoms with Gasteiger partial charge in [-0.25, -0.2) is 0 Å². The van der Waals surface area contributed by atoms with E-state index in [0.29, 0.717) is 0 Å². The Bertz CT molecular complexity index is 720. The largest absolute Gasteiger partial charge is 0.493 e. The normalized spacial score (nSPS) is 16.9. The molecule has 0 aromatic heterocycles. The Balaban J connectivity index is 0.00000341. The van der Waals surface area contributed by atoms with Crippen molar-refractivity contribution < 1.29 is 9.53 Å². The Labute approximate surface area is 203 Å². The summed E-state index contributed by atoms with van der Waals surface area (Å²) in [5.41, 5.74) is 8.07. The number of guanidine groups is 1. The van der Waals surface area contributed by atoms with Crippen molar-refractivity contribution in [2.24, 2.45) is 16.6 Å². The summed E-state index contributed by atoms with van der Waals surface area (Å²) in [6.45, 7) is 8.48. The van der Waals surface area contributed by atoms with E-state index >= 15 is 0 Å². The summed E-state index contributed by atoms with van der Waals surface area (Å²) >= 11 is 0. The van der Waals surface area contributed by atoms with E-state index in [1.54, 1.807) is 0 Å². The van der Waals surface area contributed by atoms with E-state index in [4.69, 9.17) is 15.5 Å². The average molecular weight is 543 g/mol. The molecule has 1 aromatic carbocycles. The standard InChI is InChI=1S/C23H37N5O2.HI/c1-2-25-23(27-12-7-18-5-6-21-20(17-18)10-16-30-21)26-11-3-4-13-28-14-8-19(9-15-28)22(24)29;/h5-6,17,19H,2-4,7-16H2,1H3,(H2,24,29)(H2,25,26,27);1H. The smallest absolute Gasteiger partial charge is 0.220 e. The molecule has 0 radical (unpaired) electrons. The lowest BCUT2D eigenvalue weighted by molar-refractivity contribution is -0.123. The number of rotatable bonds is 10. The molecule has 7 nitrogen and oxygen atoms in total. The number of unbranched alkanes of at least 4 members (excludes halogenated alkanes) is 1. The van der Waals surface area contributed by atoms with Crippen molar-refractivity contribution in [2.75, 3.05) is 45.9 Å². The maximum Gasteiger partial charge on any atom is 0.220 e. The molecular formula is C23H38IN5O2. The second-order valence-corrected chi connectivity index (χ2v) is 8.20. The first-order valence-electron chi connectivity index (χ1n) is 11.4. The molecule has 31 heavy (non-hydrogen) atoms. The number of carbonyl (C=O) groups excluding carboxylic acids is 1. The molecule has 1 aromatic rings. The van der Waals surface area contributed by atoms with E-state index < -0.39 is 0 Å². The number of likely N-dealkylation sites (tertiary alicyclic amines) is 1. The highest BCUT2D eigenvalue weighted by Gasteiger charge is 2.22. The summed E-state index contributed by atoms with van der Waals surface area (Å²) in [6, 6.07) is 6.51. The molecule has 0 atom stereocenters. The van der Waals surface area contributed by atoms with E-state index in [-0.39, 0.29) is 35.8 Å². The molecule has 0 unspecified atom stereocenters. The number of carbonyl (C=O) groups is 1. The van der Waals surface area contributed by atoms with Crippen molar-refractivity contribution in [3.63, 3.8) is 0 Å². The predicted molar refractivity (Wildman–Crippen MR) is 136 cm³/mol. The van der Waals surface area contributed by atoms with Gasteiger partial charge in [0.2, 0.25) is 5.91 Å². The Hall–Kier alpha value is -1.55. The van der Waals surface area contributed by atoms with Crippen molar-refractivity contribution in [3.05, 3.63) is 29.3 Å². The lowest BCUT2D eigenvalue weighted by Gasteiger charge is -2.30. The molecule has 174 valence electrons. The van der Waals surface area contributed by atoms with Crippen LogP contribution in [0.4, 0.5) is 0 Å². The van der Waals surface area contributed by atoms with E-state index in [9.17, 15) is 4.79 Å². The van der Waals surface area contributed by atoms with Gasteiger partial charge in [-0.15, -0.1) is 24.0 Å². The third kappa shape index (κ3) is 8.48. The average Bonchev–Trinajstić information content (AvgIpc) is 3.21. The number of nitrogens with one attached hydrogen (secondary N) is 2. The van der Waals surface area contributed by atoms with Gasteiger partial charge in [-0.3, -0.25) is 9.79 Å². The van der Waals surface area contributed by atoms with Gasteiger partial charge >= 0.3 is 0 Å². The van der Waals surface area contributed by atoms with Crippen LogP contribution in [0, 0.1) is 5.92 Å². The molecule has 2 heterocycles. The van der Waals surface area contributed by atoms with Gasteiger partial charge in [0.15, 0.2) is 5.96 Å². The molecule has 8 heteroatoms. The number of aliphatic imine (C=N–C) groups is 1. The van der Waals surface area contributed by atoms with E-state index in [1.165, 1.54) is 11.1 Å². The SMILES string of the molecule is CCNC(=NCCCCN1CCC(C(N)=O)CC1)NCCc1ccc2c(c1)CCO2.I. The fraction of sp³-hybridized carbons (Fsp3) is 0.652. The van der Waals surface area contributed by atoms with Crippen molar-refractivity contribution in [1.82, 2.24) is 15.5 Å². The Morgan fingerprint density at radius 3 is 2.81 bits per heavy atom. The molecule has 2 aliphatic heterocycles. The number of halogens is 1. The first-order chi connectivity index (χ1) is 14.7. The molecule has 3 rings (SSSR count). The summed E-state index contributed by atoms with van der Waals surface area (Å²) in [4.78, 5) is 18.4. The second-order valence-electron chi connectivity index (χ2n) is 8.20. The minimum atomic E-state index is -0.141. The van der Waals surface area contributed by atoms with Gasteiger partial charge in [0.1, 0.15) is 5.75 Å². The summed E-state index contributed by atoms with van der Waals surface area (Å²) in [5, 5.41) is 6.78. The number of piperidine rings is 1. The van der Waals surface area contributed by atoms with Crippen LogP contribution in [0.5, 0.6) is 5.75 Å². The van der Waals surface area contributed by atoms with Gasteiger partial charge in [-0.2, -0.15) is 0 Å². The van der Waals surface area contributed by atoms with Gasteiger partial charge in [0.05, 0.1) is 6.61 Å². The topological polar surface area (TPSA) is 92.0 Å². The molecule has 0 saturated carbocycles. The lowest BCUT2D eigenvalue weighted by atomic mass is 9.96. The molecule has 0 bridgehead atoms. The number of fused-ring (bicyclic) bond motifs is 1. The van der Waals surface area contributed by atoms with Gasteiger partial charge in [-0.1, -0.05) is 12.1 Å². The van der Waals surface area contributed by atoms with Crippen molar-refractivity contribution in [3.8, 4) is 5.75 Å². The van der Waals surface area contributed by atoms with Crippen LogP contribution in [0.15, 0.2) is 23.2 Å². The Morgan fingerprint density at radius 1 is 1.26 bits per heavy atom. The minimum absolute atomic E-state index is 0. The van der Waals surface area contributed by atoms with Crippen molar-refractivity contribution in [1.29, 1.82) is 0 Å². The molecule has 1 amide bonds. The van der Waals surface area contributed by atoms with Crippen LogP contribution >= 0.6 is 24.0 Å². The number of nitrogens with zero attached hydrogens (tertiary/aromatic N) is 2. The quantitative estimate of drug-likeness (QED) is 0.182. The summed E-state index contributed by atoms with van der Waals surface area (Å²) in [5.74, 6) is 1.87. The first kappa shape index (κ1) is 25.7. The number of amides is 1. The van der Waals surface area contributed by atoms with Crippen LogP contribution in [0.25, 0.3) is 0 Å². The van der Waals surface area contributed by atoms with Crippen LogP contribution in [-0.4, -0.2) is 62.6 Å². The highest BCUT2D eigenvalue weighted by molar-refractivity contribution is 14.0. The van der Waals surface area contributed by atoms with Crippen molar-refractivity contribution >= 4 is 35.8 Å². The molecule has 2 aliphatic rings. The molecule has 4 N–H and O–H groups in total. The molecular weight excluding hydrogens is 505 g/mol. The minimum Gasteiger partial charge on any atom is -0.493 e. The van der Waals surface area contributed by atoms with Gasteiger partial charge in [0.25, 0.3) is 0 Å². The second kappa shape index (κ2) is 13.8. The molecule has 0 spiro atoms. The van der Waals surface area contributed by atoms with Gasteiger partial charge < -0.3 is 26.0 Å². The maximum atomic E-state index is 11.2. The van der Waals surface area contributed by atoms with Gasteiger partial charge in [-0.05, 0) is 75.9 Å². The molecule has 1 fully saturated rings. The highest BCUT2D eigenvalue weighted by atomic mass is 127. The van der Waals surface area contributed by atoms with Crippen molar-refractivity contribution in [2.45, 2.75) is 45.4 Å². The number of hydrogen-bond donors (Lipinski definition) is 3. The number of benzene rings is 1. The molecule has 0 aliphatic carbocycles. The number of nitrogens with two attached hydrogens (primary N) is 1. The number of hydrogen-bond acceptors (Lipinski definition) is 4. The Kier molecular flexibility index (Phi) is 11.4. The number of ether oxygens (including phenoxy) is 1. The van der Waals surface area contributed by atoms with E-state index in [2.05, 4.69) is 40.7 Å². The number of primary amides is 1. The zero-order chi connectivity index (χ0) is 21.2.